The summed E-state index contributed by atoms with van der Waals surface area (Å²) in [5.74, 6) is -1.70. The van der Waals surface area contributed by atoms with E-state index in [1.807, 2.05) is 0 Å². The lowest BCUT2D eigenvalue weighted by Crippen LogP contribution is -2.34. The average Bonchev–Trinajstić information content (AvgIpc) is 3.39. The van der Waals surface area contributed by atoms with Crippen LogP contribution < -0.4 is 5.73 Å². The van der Waals surface area contributed by atoms with Crippen LogP contribution in [0.15, 0.2) is 35.2 Å². The summed E-state index contributed by atoms with van der Waals surface area (Å²) in [5.41, 5.74) is 7.19. The van der Waals surface area contributed by atoms with Crippen molar-refractivity contribution in [1.29, 1.82) is 0 Å². The molecule has 0 saturated heterocycles. The van der Waals surface area contributed by atoms with Gasteiger partial charge in [-0.15, -0.1) is 0 Å². The highest BCUT2D eigenvalue weighted by Crippen LogP contribution is 2.43. The molecule has 0 saturated carbocycles. The highest BCUT2D eigenvalue weighted by atomic mass is 31.2. The third kappa shape index (κ3) is 9.50. The van der Waals surface area contributed by atoms with E-state index in [-0.39, 0.29) is 36.1 Å². The molecule has 12 nitrogen and oxygen atoms in total. The number of phosphoric ester groups is 1. The summed E-state index contributed by atoms with van der Waals surface area (Å²) < 4.78 is 31.5. The molecule has 38 heavy (non-hydrogen) atoms. The third-order valence-corrected chi connectivity index (χ3v) is 7.09. The molecule has 2 atom stereocenters. The Morgan fingerprint density at radius 1 is 1.03 bits per heavy atom. The summed E-state index contributed by atoms with van der Waals surface area (Å²) in [6, 6.07) is -1.12. The SMILES string of the molecule is COC1=C(OC)C(=O)C(CCCCCCCCCCOP(=O)(O)OC(=O)[C@@H](N)Cc2cnc[nH]2)=C(C)C1=O. The van der Waals surface area contributed by atoms with Gasteiger partial charge in [0, 0.05) is 29.5 Å². The second kappa shape index (κ2) is 15.6. The lowest BCUT2D eigenvalue weighted by Gasteiger charge is -2.20. The van der Waals surface area contributed by atoms with Crippen LogP contribution in [0.25, 0.3) is 0 Å². The number of carbonyl (C=O) groups excluding carboxylic acids is 3. The maximum absolute atomic E-state index is 12.6. The quantitative estimate of drug-likeness (QED) is 0.137. The largest absolute Gasteiger partial charge is 0.529 e. The van der Waals surface area contributed by atoms with Gasteiger partial charge in [-0.3, -0.25) is 19.0 Å². The number of hydrogen-bond acceptors (Lipinski definition) is 10. The minimum absolute atomic E-state index is 0.0131. The number of aromatic nitrogens is 2. The van der Waals surface area contributed by atoms with Crippen molar-refractivity contribution < 1.29 is 42.4 Å². The van der Waals surface area contributed by atoms with Crippen LogP contribution in [0.4, 0.5) is 0 Å². The number of nitrogens with one attached hydrogen (secondary N) is 1. The number of nitrogens with zero attached hydrogens (tertiary/aromatic N) is 1. The number of imidazole rings is 1. The molecule has 0 fully saturated rings. The van der Waals surface area contributed by atoms with E-state index in [0.29, 0.717) is 29.7 Å². The number of nitrogens with two attached hydrogens (primary N) is 1. The Hall–Kier alpha value is -2.79. The van der Waals surface area contributed by atoms with E-state index in [1.54, 1.807) is 6.92 Å². The van der Waals surface area contributed by atoms with E-state index >= 15 is 0 Å². The summed E-state index contributed by atoms with van der Waals surface area (Å²) in [5, 5.41) is 0. The number of unbranched alkanes of at least 4 members (excludes halogenated alkanes) is 7. The van der Waals surface area contributed by atoms with E-state index in [2.05, 4.69) is 14.5 Å². The summed E-state index contributed by atoms with van der Waals surface area (Å²) in [6.45, 7) is 1.63. The van der Waals surface area contributed by atoms with Crippen LogP contribution in [0.2, 0.25) is 0 Å². The first-order valence-corrected chi connectivity index (χ1v) is 14.2. The van der Waals surface area contributed by atoms with Crippen molar-refractivity contribution in [3.63, 3.8) is 0 Å². The zero-order valence-electron chi connectivity index (χ0n) is 22.2. The second-order valence-electron chi connectivity index (χ2n) is 9.01. The van der Waals surface area contributed by atoms with E-state index < -0.39 is 19.8 Å². The molecule has 1 aromatic rings. The van der Waals surface area contributed by atoms with Gasteiger partial charge in [-0.1, -0.05) is 38.5 Å². The Balaban J connectivity index is 1.54. The normalized spacial score (nSPS) is 16.4. The number of aromatic amines is 1. The first-order chi connectivity index (χ1) is 18.1. The third-order valence-electron chi connectivity index (χ3n) is 6.17. The standard InChI is InChI=1S/C25H38N3O9P/c1-17-19(22(30)24(35-3)23(34-2)21(17)29)12-10-8-6-4-5-7-9-11-13-36-38(32,33)37-25(31)20(26)14-18-15-27-16-28-18/h15-16,20H,4-14,26H2,1-3H3,(H,27,28)(H,32,33)/t20-/m0/s1. The van der Waals surface area contributed by atoms with Gasteiger partial charge in [0.05, 0.1) is 27.2 Å². The summed E-state index contributed by atoms with van der Waals surface area (Å²) in [7, 11) is -1.83. The van der Waals surface area contributed by atoms with Crippen molar-refractivity contribution in [2.45, 2.75) is 77.2 Å². The van der Waals surface area contributed by atoms with Crippen molar-refractivity contribution >= 4 is 25.4 Å². The predicted octanol–water partition coefficient (Wildman–Crippen LogP) is 3.42. The van der Waals surface area contributed by atoms with Crippen molar-refractivity contribution in [3.05, 3.63) is 40.9 Å². The van der Waals surface area contributed by atoms with Crippen molar-refractivity contribution in [3.8, 4) is 0 Å². The van der Waals surface area contributed by atoms with Crippen LogP contribution >= 0.6 is 7.82 Å². The number of carbonyl (C=O) groups is 3. The highest BCUT2D eigenvalue weighted by molar-refractivity contribution is 7.48. The van der Waals surface area contributed by atoms with Gasteiger partial charge in [0.25, 0.3) is 0 Å². The van der Waals surface area contributed by atoms with Gasteiger partial charge in [0.2, 0.25) is 23.1 Å². The molecule has 1 aliphatic rings. The topological polar surface area (TPSA) is 180 Å². The molecule has 0 aromatic carbocycles. The number of hydrogen-bond donors (Lipinski definition) is 3. The van der Waals surface area contributed by atoms with Crippen LogP contribution in [0.5, 0.6) is 0 Å². The van der Waals surface area contributed by atoms with Crippen LogP contribution in [-0.2, 0) is 43.9 Å². The van der Waals surface area contributed by atoms with E-state index in [0.717, 1.165) is 44.9 Å². The van der Waals surface area contributed by atoms with Crippen LogP contribution in [0.1, 0.15) is 70.4 Å². The molecule has 1 aliphatic carbocycles. The maximum Gasteiger partial charge on any atom is 0.529 e. The summed E-state index contributed by atoms with van der Waals surface area (Å²) in [4.78, 5) is 53.3. The summed E-state index contributed by atoms with van der Waals surface area (Å²) >= 11 is 0. The molecule has 1 unspecified atom stereocenters. The number of allylic oxidation sites excluding steroid dienone is 2. The van der Waals surface area contributed by atoms with Gasteiger partial charge in [0.1, 0.15) is 6.04 Å². The lowest BCUT2D eigenvalue weighted by atomic mass is 9.89. The van der Waals surface area contributed by atoms with Crippen molar-refractivity contribution in [2.75, 3.05) is 20.8 Å². The van der Waals surface area contributed by atoms with Gasteiger partial charge in [0.15, 0.2) is 0 Å². The van der Waals surface area contributed by atoms with E-state index in [4.69, 9.17) is 19.7 Å². The number of H-pyrrole nitrogens is 1. The Morgan fingerprint density at radius 2 is 1.61 bits per heavy atom. The van der Waals surface area contributed by atoms with Crippen LogP contribution in [-0.4, -0.2) is 59.3 Å². The van der Waals surface area contributed by atoms with Crippen molar-refractivity contribution in [2.24, 2.45) is 5.73 Å². The number of phosphoric acid groups is 1. The molecular weight excluding hydrogens is 517 g/mol. The van der Waals surface area contributed by atoms with Crippen LogP contribution in [0.3, 0.4) is 0 Å². The smallest absolute Gasteiger partial charge is 0.489 e. The number of rotatable bonds is 18. The Labute approximate surface area is 222 Å². The number of ether oxygens (including phenoxy) is 2. The van der Waals surface area contributed by atoms with Crippen molar-refractivity contribution in [1.82, 2.24) is 9.97 Å². The first kappa shape index (κ1) is 31.4. The zero-order valence-corrected chi connectivity index (χ0v) is 23.1. The fourth-order valence-electron chi connectivity index (χ4n) is 4.06. The van der Waals surface area contributed by atoms with Gasteiger partial charge in [-0.2, -0.15) is 0 Å². The molecule has 1 aromatic heterocycles. The van der Waals surface area contributed by atoms with Gasteiger partial charge in [-0.05, 0) is 26.2 Å². The summed E-state index contributed by atoms with van der Waals surface area (Å²) in [6.07, 6.45) is 10.5. The molecule has 0 bridgehead atoms. The molecule has 212 valence electrons. The monoisotopic (exact) mass is 555 g/mol. The molecular formula is C25H38N3O9P. The molecule has 2 rings (SSSR count). The highest BCUT2D eigenvalue weighted by Gasteiger charge is 2.34. The Kier molecular flexibility index (Phi) is 12.9. The Morgan fingerprint density at radius 3 is 2.18 bits per heavy atom. The van der Waals surface area contributed by atoms with Gasteiger partial charge >= 0.3 is 13.8 Å². The minimum Gasteiger partial charge on any atom is -0.489 e. The molecule has 4 N–H and O–H groups in total. The lowest BCUT2D eigenvalue weighted by molar-refractivity contribution is -0.137. The predicted molar refractivity (Wildman–Crippen MR) is 137 cm³/mol. The molecule has 13 heteroatoms. The fourth-order valence-corrected chi connectivity index (χ4v) is 4.84. The fraction of sp³-hybridized carbons (Fsp3) is 0.600. The average molecular weight is 556 g/mol. The molecule has 1 heterocycles. The van der Waals surface area contributed by atoms with E-state index in [1.165, 1.54) is 26.7 Å². The first-order valence-electron chi connectivity index (χ1n) is 12.7. The van der Waals surface area contributed by atoms with Crippen LogP contribution in [0, 0.1) is 0 Å². The molecule has 0 spiro atoms. The second-order valence-corrected chi connectivity index (χ2v) is 10.4. The molecule has 0 radical (unpaired) electrons. The zero-order chi connectivity index (χ0) is 28.1. The molecule has 0 aliphatic heterocycles. The number of ketones is 2. The minimum atomic E-state index is -4.52. The number of Topliss-reactive ketones (excluding diaryl/α,β-unsaturated/α-hetero) is 2. The van der Waals surface area contributed by atoms with Gasteiger partial charge < -0.3 is 24.7 Å². The Bertz CT molecular complexity index is 1070. The van der Waals surface area contributed by atoms with Gasteiger partial charge in [-0.25, -0.2) is 14.3 Å². The maximum atomic E-state index is 12.6. The molecule has 0 amide bonds. The van der Waals surface area contributed by atoms with E-state index in [9.17, 15) is 23.8 Å². The number of methoxy groups -OCH3 is 2.